The van der Waals surface area contributed by atoms with E-state index in [2.05, 4.69) is 33.8 Å². The molecule has 0 spiro atoms. The summed E-state index contributed by atoms with van der Waals surface area (Å²) in [7, 11) is 0. The molecule has 0 aromatic rings. The van der Waals surface area contributed by atoms with E-state index in [1.807, 2.05) is 6.92 Å². The molecule has 0 aromatic carbocycles. The van der Waals surface area contributed by atoms with Gasteiger partial charge in [-0.15, -0.1) is 0 Å². The number of aliphatic hydroxyl groups excluding tert-OH is 7. The summed E-state index contributed by atoms with van der Waals surface area (Å²) in [6.45, 7) is 12.4. The maximum atomic E-state index is 12.6. The Kier molecular flexibility index (Phi) is 11.3. The van der Waals surface area contributed by atoms with Gasteiger partial charge < -0.3 is 70.0 Å². The molecule has 0 aromatic heterocycles. The minimum absolute atomic E-state index is 0.00137. The number of ether oxygens (including phenoxy) is 4. The number of aliphatic hydroxyl groups is 7. The van der Waals surface area contributed by atoms with Gasteiger partial charge >= 0.3 is 17.9 Å². The molecule has 0 bridgehead atoms. The molecule has 10 N–H and O–H groups in total. The zero-order chi connectivity index (χ0) is 43.6. The predicted octanol–water partition coefficient (Wildman–Crippen LogP) is 1.01. The fraction of sp³-hybridized carbons (Fsp3) is 0.881. The average Bonchev–Trinajstić information content (AvgIpc) is 3.16. The largest absolute Gasteiger partial charge is 0.481 e. The lowest BCUT2D eigenvalue weighted by molar-refractivity contribution is -0.372. The summed E-state index contributed by atoms with van der Waals surface area (Å²) < 4.78 is 23.3. The summed E-state index contributed by atoms with van der Waals surface area (Å²) in [4.78, 5) is 36.6. The molecule has 7 aliphatic rings. The van der Waals surface area contributed by atoms with Crippen molar-refractivity contribution in [1.82, 2.24) is 0 Å². The Labute approximate surface area is 343 Å². The molecule has 59 heavy (non-hydrogen) atoms. The Morgan fingerprint density at radius 3 is 1.92 bits per heavy atom. The summed E-state index contributed by atoms with van der Waals surface area (Å²) in [5.74, 6) is -4.26. The van der Waals surface area contributed by atoms with Gasteiger partial charge in [0.1, 0.15) is 36.6 Å². The number of hydrogen-bond acceptors (Lipinski definition) is 14. The number of allylic oxidation sites excluding steroid dienone is 2. The lowest BCUT2D eigenvalue weighted by Crippen LogP contribution is -2.68. The number of aliphatic carboxylic acids is 3. The van der Waals surface area contributed by atoms with Gasteiger partial charge in [0, 0.05) is 5.41 Å². The van der Waals surface area contributed by atoms with Gasteiger partial charge in [0.25, 0.3) is 0 Å². The van der Waals surface area contributed by atoms with Crippen molar-refractivity contribution in [2.75, 3.05) is 6.61 Å². The Morgan fingerprint density at radius 2 is 1.32 bits per heavy atom. The van der Waals surface area contributed by atoms with Gasteiger partial charge in [-0.2, -0.15) is 0 Å². The Balaban J connectivity index is 1.17. The minimum atomic E-state index is -2.07. The second-order valence-corrected chi connectivity index (χ2v) is 20.6. The van der Waals surface area contributed by atoms with E-state index in [0.717, 1.165) is 25.7 Å². The summed E-state index contributed by atoms with van der Waals surface area (Å²) >= 11 is 0. The van der Waals surface area contributed by atoms with Crippen LogP contribution in [0.15, 0.2) is 11.6 Å². The van der Waals surface area contributed by atoms with Crippen molar-refractivity contribution in [3.8, 4) is 0 Å². The Morgan fingerprint density at radius 1 is 0.712 bits per heavy atom. The number of carboxylic acids is 3. The highest BCUT2D eigenvalue weighted by molar-refractivity contribution is 5.75. The first-order chi connectivity index (χ1) is 27.3. The van der Waals surface area contributed by atoms with Crippen LogP contribution >= 0.6 is 0 Å². The van der Waals surface area contributed by atoms with E-state index in [1.165, 1.54) is 5.57 Å². The van der Waals surface area contributed by atoms with Crippen LogP contribution in [-0.4, -0.2) is 149 Å². The molecular weight excluding hydrogens is 776 g/mol. The first-order valence-corrected chi connectivity index (χ1v) is 21.1. The fourth-order valence-electron chi connectivity index (χ4n) is 13.6. The highest BCUT2D eigenvalue weighted by atomic mass is 16.8. The molecule has 17 heteroatoms. The topological polar surface area (TPSA) is 290 Å². The molecule has 7 rings (SSSR count). The van der Waals surface area contributed by atoms with E-state index in [1.54, 1.807) is 6.92 Å². The second-order valence-electron chi connectivity index (χ2n) is 20.6. The minimum Gasteiger partial charge on any atom is -0.481 e. The van der Waals surface area contributed by atoms with Gasteiger partial charge in [-0.3, -0.25) is 4.79 Å². The summed E-state index contributed by atoms with van der Waals surface area (Å²) in [5.41, 5.74) is -1.94. The Bertz CT molecular complexity index is 1710. The summed E-state index contributed by atoms with van der Waals surface area (Å²) in [5, 5.41) is 106. The van der Waals surface area contributed by atoms with Gasteiger partial charge in [-0.25, -0.2) is 9.59 Å². The second kappa shape index (κ2) is 14.9. The van der Waals surface area contributed by atoms with Gasteiger partial charge in [-0.05, 0) is 104 Å². The third-order valence-corrected chi connectivity index (χ3v) is 17.7. The molecule has 5 aliphatic carbocycles. The average molecular weight is 841 g/mol. The van der Waals surface area contributed by atoms with Crippen molar-refractivity contribution >= 4 is 17.9 Å². The molecule has 2 aliphatic heterocycles. The number of hydrogen-bond donors (Lipinski definition) is 10. The Hall–Kier alpha value is -2.29. The normalized spacial score (nSPS) is 54.7. The number of carboxylic acid groups (broad SMARTS) is 3. The fourth-order valence-corrected chi connectivity index (χ4v) is 13.6. The maximum Gasteiger partial charge on any atom is 0.335 e. The van der Waals surface area contributed by atoms with Crippen LogP contribution in [0.5, 0.6) is 0 Å². The van der Waals surface area contributed by atoms with Crippen molar-refractivity contribution in [2.45, 2.75) is 173 Å². The molecular formula is C42H64O17. The summed E-state index contributed by atoms with van der Waals surface area (Å²) in [6.07, 6.45) is -13.5. The number of rotatable bonds is 8. The third-order valence-electron chi connectivity index (χ3n) is 17.7. The molecule has 0 amide bonds. The third kappa shape index (κ3) is 6.46. The van der Waals surface area contributed by atoms with Crippen LogP contribution in [0.2, 0.25) is 0 Å². The van der Waals surface area contributed by atoms with Crippen molar-refractivity contribution in [3.63, 3.8) is 0 Å². The first-order valence-electron chi connectivity index (χ1n) is 21.1. The molecule has 334 valence electrons. The van der Waals surface area contributed by atoms with Gasteiger partial charge in [-0.1, -0.05) is 46.3 Å². The molecule has 4 saturated carbocycles. The maximum absolute atomic E-state index is 12.6. The standard InChI is InChI=1S/C42H64O17/c1-37-13-14-41(5)18(19(37)15-39(3,36(54)55)22(44)16-37)7-8-21-38(2)11-10-23(40(4,17-43)20(38)9-12-42(21,41)6)56-35-31(27(48)26(47)30(58-35)33(52)53)59-34-28(49)24(45)25(46)29(57-34)32(50)51/h7,19-31,34-35,43-49H,8-17H2,1-6H3,(H,50,51)(H,52,53)(H,54,55)/t19-,20+,21+,22+,23-,24-,25-,26-,27-,28+,29-,30-,31+,34-,35+,37-,38-,39-,40+,41+,42+/m0/s1. The molecule has 17 nitrogen and oxygen atoms in total. The van der Waals surface area contributed by atoms with Crippen molar-refractivity contribution in [1.29, 1.82) is 0 Å². The molecule has 6 fully saturated rings. The lowest BCUT2D eigenvalue weighted by Gasteiger charge is -2.71. The van der Waals surface area contributed by atoms with Crippen LogP contribution in [0.3, 0.4) is 0 Å². The van der Waals surface area contributed by atoms with Gasteiger partial charge in [0.2, 0.25) is 0 Å². The van der Waals surface area contributed by atoms with Gasteiger partial charge in [0.05, 0.1) is 24.2 Å². The highest BCUT2D eigenvalue weighted by Crippen LogP contribution is 2.76. The zero-order valence-corrected chi connectivity index (χ0v) is 34.6. The van der Waals surface area contributed by atoms with E-state index < -0.39 is 102 Å². The predicted molar refractivity (Wildman–Crippen MR) is 202 cm³/mol. The van der Waals surface area contributed by atoms with Crippen LogP contribution in [-0.2, 0) is 33.3 Å². The van der Waals surface area contributed by atoms with Crippen LogP contribution in [0, 0.1) is 50.2 Å². The SMILES string of the molecule is C[C@@]12CC[C@]3(C)C(=CC[C@@H]4[C@@]5(C)CC[C@H](O[C@@H]6O[C@H](C(=O)O)[C@@H](O)[C@H](O)[C@H]6O[C@@H]6O[C@H](C(=O)O)[C@@H](O)[C@H](O)[C@H]6O)[C@](C)(CO)[C@@H]5CC[C@]43C)[C@@H]1C[C@](C)(C(=O)O)[C@H](O)C2. The zero-order valence-electron chi connectivity index (χ0n) is 34.6. The number of carbonyl (C=O) groups is 3. The smallest absolute Gasteiger partial charge is 0.335 e. The lowest BCUT2D eigenvalue weighted by atomic mass is 9.33. The van der Waals surface area contributed by atoms with Crippen LogP contribution in [0.1, 0.15) is 99.3 Å². The van der Waals surface area contributed by atoms with Crippen LogP contribution in [0.25, 0.3) is 0 Å². The van der Waals surface area contributed by atoms with Crippen molar-refractivity contribution in [3.05, 3.63) is 11.6 Å². The highest BCUT2D eigenvalue weighted by Gasteiger charge is 2.70. The molecule has 0 unspecified atom stereocenters. The van der Waals surface area contributed by atoms with E-state index >= 15 is 0 Å². The van der Waals surface area contributed by atoms with E-state index in [-0.39, 0.29) is 46.0 Å². The van der Waals surface area contributed by atoms with E-state index in [0.29, 0.717) is 32.1 Å². The quantitative estimate of drug-likeness (QED) is 0.121. The van der Waals surface area contributed by atoms with Crippen molar-refractivity contribution in [2.24, 2.45) is 50.2 Å². The first kappa shape index (κ1) is 44.8. The van der Waals surface area contributed by atoms with E-state index in [9.17, 15) is 65.4 Å². The molecule has 2 heterocycles. The molecule has 21 atom stereocenters. The van der Waals surface area contributed by atoms with Crippen molar-refractivity contribution < 1.29 is 84.4 Å². The van der Waals surface area contributed by atoms with E-state index in [4.69, 9.17) is 18.9 Å². The molecule has 0 radical (unpaired) electrons. The molecule has 2 saturated heterocycles. The van der Waals surface area contributed by atoms with Crippen LogP contribution < -0.4 is 0 Å². The van der Waals surface area contributed by atoms with Crippen LogP contribution in [0.4, 0.5) is 0 Å². The monoisotopic (exact) mass is 840 g/mol. The number of fused-ring (bicyclic) bond motifs is 7. The van der Waals surface area contributed by atoms with Gasteiger partial charge in [0.15, 0.2) is 24.8 Å². The summed E-state index contributed by atoms with van der Waals surface area (Å²) in [6, 6.07) is 0.